The molecule has 20 heavy (non-hydrogen) atoms. The van der Waals surface area contributed by atoms with Gasteiger partial charge in [-0.1, -0.05) is 31.9 Å². The van der Waals surface area contributed by atoms with Gasteiger partial charge in [0.15, 0.2) is 0 Å². The Bertz CT molecular complexity index is 439. The average molecular weight is 274 g/mol. The van der Waals surface area contributed by atoms with Crippen LogP contribution in [-0.2, 0) is 0 Å². The summed E-state index contributed by atoms with van der Waals surface area (Å²) in [7, 11) is 0. The van der Waals surface area contributed by atoms with Crippen molar-refractivity contribution in [3.8, 4) is 0 Å². The number of fused-ring (bicyclic) bond motifs is 5. The SMILES string of the molecule is C[C@@]12CCC[C@@H]1[C@@H]1CC=C3C[C@@H](O)CC[C@]3(C)[C@H]1CC2. The topological polar surface area (TPSA) is 20.2 Å². The molecule has 4 aliphatic rings. The Labute approximate surface area is 123 Å². The summed E-state index contributed by atoms with van der Waals surface area (Å²) in [6.45, 7) is 5.10. The van der Waals surface area contributed by atoms with E-state index in [1.807, 2.05) is 0 Å². The van der Waals surface area contributed by atoms with Crippen molar-refractivity contribution in [3.63, 3.8) is 0 Å². The molecule has 4 aliphatic carbocycles. The zero-order valence-electron chi connectivity index (χ0n) is 13.2. The normalized spacial score (nSPS) is 54.6. The molecule has 1 nitrogen and oxygen atoms in total. The third-order valence-electron chi connectivity index (χ3n) is 7.86. The Morgan fingerprint density at radius 3 is 2.75 bits per heavy atom. The van der Waals surface area contributed by atoms with Gasteiger partial charge in [0.25, 0.3) is 0 Å². The van der Waals surface area contributed by atoms with Crippen molar-refractivity contribution in [1.29, 1.82) is 0 Å². The molecule has 1 heteroatoms. The van der Waals surface area contributed by atoms with Gasteiger partial charge in [0.05, 0.1) is 6.10 Å². The van der Waals surface area contributed by atoms with E-state index in [4.69, 9.17) is 0 Å². The summed E-state index contributed by atoms with van der Waals surface area (Å²) in [4.78, 5) is 0. The van der Waals surface area contributed by atoms with E-state index in [9.17, 15) is 5.11 Å². The van der Waals surface area contributed by atoms with Crippen LogP contribution in [0.25, 0.3) is 0 Å². The summed E-state index contributed by atoms with van der Waals surface area (Å²) in [6, 6.07) is 0. The fraction of sp³-hybridized carbons (Fsp3) is 0.895. The van der Waals surface area contributed by atoms with Crippen molar-refractivity contribution in [2.75, 3.05) is 0 Å². The highest BCUT2D eigenvalue weighted by Gasteiger charge is 2.55. The Balaban J connectivity index is 1.68. The number of rotatable bonds is 0. The average Bonchev–Trinajstić information content (AvgIpc) is 2.81. The van der Waals surface area contributed by atoms with Gasteiger partial charge in [-0.25, -0.2) is 0 Å². The Kier molecular flexibility index (Phi) is 2.91. The van der Waals surface area contributed by atoms with Crippen LogP contribution in [0.1, 0.15) is 71.6 Å². The molecular weight excluding hydrogens is 244 g/mol. The molecule has 6 atom stereocenters. The van der Waals surface area contributed by atoms with Crippen molar-refractivity contribution >= 4 is 0 Å². The molecule has 3 fully saturated rings. The molecule has 0 saturated heterocycles. The largest absolute Gasteiger partial charge is 0.393 e. The number of allylic oxidation sites excluding steroid dienone is 1. The van der Waals surface area contributed by atoms with Crippen LogP contribution >= 0.6 is 0 Å². The van der Waals surface area contributed by atoms with Gasteiger partial charge >= 0.3 is 0 Å². The van der Waals surface area contributed by atoms with Gasteiger partial charge in [0, 0.05) is 0 Å². The first-order chi connectivity index (χ1) is 9.53. The minimum absolute atomic E-state index is 0.0637. The van der Waals surface area contributed by atoms with E-state index in [0.717, 1.165) is 30.6 Å². The summed E-state index contributed by atoms with van der Waals surface area (Å²) in [5, 5.41) is 10.0. The van der Waals surface area contributed by atoms with Gasteiger partial charge < -0.3 is 5.11 Å². The van der Waals surface area contributed by atoms with Crippen LogP contribution in [0.4, 0.5) is 0 Å². The molecule has 0 amide bonds. The lowest BCUT2D eigenvalue weighted by atomic mass is 9.48. The van der Waals surface area contributed by atoms with E-state index in [1.165, 1.54) is 44.9 Å². The van der Waals surface area contributed by atoms with Crippen molar-refractivity contribution < 1.29 is 5.11 Å². The molecule has 4 rings (SSSR count). The van der Waals surface area contributed by atoms with E-state index in [2.05, 4.69) is 19.9 Å². The van der Waals surface area contributed by atoms with Crippen LogP contribution in [0, 0.1) is 28.6 Å². The molecule has 0 aromatic carbocycles. The summed E-state index contributed by atoms with van der Waals surface area (Å²) in [5.41, 5.74) is 2.70. The van der Waals surface area contributed by atoms with Gasteiger partial charge in [-0.2, -0.15) is 0 Å². The lowest BCUT2D eigenvalue weighted by molar-refractivity contribution is -0.0360. The highest BCUT2D eigenvalue weighted by molar-refractivity contribution is 5.25. The molecular formula is C19H30O. The van der Waals surface area contributed by atoms with Gasteiger partial charge in [0.2, 0.25) is 0 Å². The first kappa shape index (κ1) is 13.4. The first-order valence-corrected chi connectivity index (χ1v) is 8.90. The summed E-state index contributed by atoms with van der Waals surface area (Å²) in [6.07, 6.45) is 14.3. The molecule has 0 unspecified atom stereocenters. The number of hydrogen-bond acceptors (Lipinski definition) is 1. The smallest absolute Gasteiger partial charge is 0.0577 e. The summed E-state index contributed by atoms with van der Waals surface area (Å²) >= 11 is 0. The van der Waals surface area contributed by atoms with E-state index < -0.39 is 0 Å². The van der Waals surface area contributed by atoms with Crippen LogP contribution in [-0.4, -0.2) is 11.2 Å². The van der Waals surface area contributed by atoms with Crippen molar-refractivity contribution in [2.24, 2.45) is 28.6 Å². The molecule has 0 heterocycles. The number of aliphatic hydroxyl groups excluding tert-OH is 1. The summed E-state index contributed by atoms with van der Waals surface area (Å²) < 4.78 is 0. The lowest BCUT2D eigenvalue weighted by Crippen LogP contribution is -2.49. The van der Waals surface area contributed by atoms with Gasteiger partial charge in [-0.3, -0.25) is 0 Å². The zero-order chi connectivity index (χ0) is 14.0. The van der Waals surface area contributed by atoms with Crippen LogP contribution in [0.3, 0.4) is 0 Å². The van der Waals surface area contributed by atoms with Crippen LogP contribution in [0.5, 0.6) is 0 Å². The molecule has 0 aromatic heterocycles. The molecule has 0 aromatic rings. The summed E-state index contributed by atoms with van der Waals surface area (Å²) in [5.74, 6) is 2.84. The highest BCUT2D eigenvalue weighted by Crippen LogP contribution is 2.64. The van der Waals surface area contributed by atoms with Crippen molar-refractivity contribution in [2.45, 2.75) is 77.7 Å². The Morgan fingerprint density at radius 1 is 1.05 bits per heavy atom. The first-order valence-electron chi connectivity index (χ1n) is 8.90. The number of aliphatic hydroxyl groups is 1. The monoisotopic (exact) mass is 274 g/mol. The third kappa shape index (κ3) is 1.71. The third-order valence-corrected chi connectivity index (χ3v) is 7.86. The van der Waals surface area contributed by atoms with Crippen LogP contribution in [0.15, 0.2) is 11.6 Å². The second-order valence-corrected chi connectivity index (χ2v) is 8.74. The maximum absolute atomic E-state index is 10.0. The predicted molar refractivity (Wildman–Crippen MR) is 82.3 cm³/mol. The minimum Gasteiger partial charge on any atom is -0.393 e. The van der Waals surface area contributed by atoms with Gasteiger partial charge in [-0.15, -0.1) is 0 Å². The molecule has 1 N–H and O–H groups in total. The highest BCUT2D eigenvalue weighted by atomic mass is 16.3. The zero-order valence-corrected chi connectivity index (χ0v) is 13.2. The standard InChI is InChI=1S/C19H30O/c1-18-9-3-4-16(18)15-6-5-13-12-14(20)7-11-19(13,2)17(15)8-10-18/h5,14-17,20H,3-4,6-12H2,1-2H3/t14-,15-,16+,17-,18-,19-/m0/s1. The van der Waals surface area contributed by atoms with Crippen LogP contribution < -0.4 is 0 Å². The molecule has 3 saturated carbocycles. The van der Waals surface area contributed by atoms with E-state index in [-0.39, 0.29) is 6.10 Å². The molecule has 112 valence electrons. The maximum Gasteiger partial charge on any atom is 0.0577 e. The van der Waals surface area contributed by atoms with Crippen LogP contribution in [0.2, 0.25) is 0 Å². The second kappa shape index (κ2) is 4.35. The fourth-order valence-corrected chi connectivity index (χ4v) is 6.63. The molecule has 0 bridgehead atoms. The fourth-order valence-electron chi connectivity index (χ4n) is 6.63. The molecule has 0 spiro atoms. The second-order valence-electron chi connectivity index (χ2n) is 8.74. The van der Waals surface area contributed by atoms with Gasteiger partial charge in [0.1, 0.15) is 0 Å². The predicted octanol–water partition coefficient (Wildman–Crippen LogP) is 4.70. The van der Waals surface area contributed by atoms with Crippen molar-refractivity contribution in [1.82, 2.24) is 0 Å². The van der Waals surface area contributed by atoms with Gasteiger partial charge in [-0.05, 0) is 80.0 Å². The maximum atomic E-state index is 10.0. The van der Waals surface area contributed by atoms with E-state index in [1.54, 1.807) is 5.57 Å². The van der Waals surface area contributed by atoms with Crippen molar-refractivity contribution in [3.05, 3.63) is 11.6 Å². The Hall–Kier alpha value is -0.300. The lowest BCUT2D eigenvalue weighted by Gasteiger charge is -2.57. The van der Waals surface area contributed by atoms with E-state index in [0.29, 0.717) is 10.8 Å². The molecule has 0 radical (unpaired) electrons. The minimum atomic E-state index is -0.0637. The van der Waals surface area contributed by atoms with E-state index >= 15 is 0 Å². The molecule has 0 aliphatic heterocycles. The number of hydrogen-bond donors (Lipinski definition) is 1. The Morgan fingerprint density at radius 2 is 1.90 bits per heavy atom. The quantitative estimate of drug-likeness (QED) is 0.635.